The van der Waals surface area contributed by atoms with E-state index in [1.165, 1.54) is 27.7 Å². The van der Waals surface area contributed by atoms with Crippen molar-refractivity contribution in [2.75, 3.05) is 0 Å². The first kappa shape index (κ1) is 40.4. The van der Waals surface area contributed by atoms with E-state index in [4.69, 9.17) is 9.97 Å². The molecule has 0 saturated heterocycles. The molecule has 0 aliphatic carbocycles. The molecule has 0 fully saturated rings. The molecule has 2 aromatic carbocycles. The van der Waals surface area contributed by atoms with E-state index in [9.17, 15) is 19.2 Å². The Labute approximate surface area is 356 Å². The summed E-state index contributed by atoms with van der Waals surface area (Å²) in [5.41, 5.74) is 10.2. The first-order valence-corrected chi connectivity index (χ1v) is 19.6. The molecule has 0 spiro atoms. The number of carbonyl (C=O) groups excluding carboxylic acids is 4. The maximum atomic E-state index is 12.2. The van der Waals surface area contributed by atoms with Crippen molar-refractivity contribution in [3.05, 3.63) is 168 Å². The van der Waals surface area contributed by atoms with Crippen LogP contribution in [-0.4, -0.2) is 53.0 Å². The minimum Gasteiger partial charge on any atom is -0.293 e. The Hall–Kier alpha value is -8.38. The van der Waals surface area contributed by atoms with E-state index in [2.05, 4.69) is 30.2 Å². The van der Waals surface area contributed by atoms with Gasteiger partial charge in [0.1, 0.15) is 22.8 Å². The van der Waals surface area contributed by atoms with Crippen LogP contribution in [0.1, 0.15) is 69.6 Å². The maximum Gasteiger partial charge on any atom is 0.178 e. The van der Waals surface area contributed by atoms with Crippen LogP contribution < -0.4 is 0 Å². The molecule has 0 saturated carbocycles. The third-order valence-corrected chi connectivity index (χ3v) is 9.82. The van der Waals surface area contributed by atoms with Crippen LogP contribution >= 0.6 is 0 Å². The van der Waals surface area contributed by atoms with Gasteiger partial charge in [0.25, 0.3) is 0 Å². The monoisotopic (exact) mass is 812 g/mol. The number of Topliss-reactive ketones (excluding diaryl/α,β-unsaturated/α-hetero) is 4. The Morgan fingerprint density at radius 3 is 0.806 bits per heavy atom. The lowest BCUT2D eigenvalue weighted by molar-refractivity contribution is 0.100. The average Bonchev–Trinajstić information content (AvgIpc) is 3.31. The topological polar surface area (TPSA) is 170 Å². The van der Waals surface area contributed by atoms with E-state index in [0.717, 1.165) is 22.3 Å². The van der Waals surface area contributed by atoms with Crippen LogP contribution in [0.5, 0.6) is 0 Å². The predicted molar refractivity (Wildman–Crippen MR) is 236 cm³/mol. The number of nitrogens with zero attached hydrogens (tertiary/aromatic N) is 8. The summed E-state index contributed by atoms with van der Waals surface area (Å²) >= 11 is 0. The Balaban J connectivity index is 1.08. The molecule has 0 atom stereocenters. The fraction of sp³-hybridized carbons (Fsp3) is 0.0800. The molecule has 0 aliphatic rings. The van der Waals surface area contributed by atoms with Gasteiger partial charge in [-0.3, -0.25) is 19.2 Å². The second kappa shape index (κ2) is 17.5. The zero-order valence-electron chi connectivity index (χ0n) is 34.1. The average molecular weight is 813 g/mol. The van der Waals surface area contributed by atoms with Gasteiger partial charge in [0.2, 0.25) is 0 Å². The van der Waals surface area contributed by atoms with Crippen LogP contribution in [0.3, 0.4) is 0 Å². The summed E-state index contributed by atoms with van der Waals surface area (Å²) in [5.74, 6) is -0.627. The van der Waals surface area contributed by atoms with E-state index >= 15 is 0 Å². The van der Waals surface area contributed by atoms with Crippen LogP contribution in [-0.2, 0) is 0 Å². The summed E-state index contributed by atoms with van der Waals surface area (Å²) < 4.78 is 0. The van der Waals surface area contributed by atoms with Crippen molar-refractivity contribution in [3.8, 4) is 67.8 Å². The SMILES string of the molecule is CC(=O)c1cccc(-c2cc(-c3ccc(N=Nc4ccc(-c5cc(-c6cccc(C(C)=O)n6)nc(-c6cccc(C(C)=O)n6)c5)cc4)cc3)cc(-c3cccc(C(C)=O)n3)n2)n1. The molecule has 0 bridgehead atoms. The zero-order valence-corrected chi connectivity index (χ0v) is 34.1. The number of carbonyl (C=O) groups is 4. The molecule has 0 aliphatic heterocycles. The Kier molecular flexibility index (Phi) is 11.4. The third kappa shape index (κ3) is 9.09. The van der Waals surface area contributed by atoms with Gasteiger partial charge < -0.3 is 0 Å². The van der Waals surface area contributed by atoms with Crippen molar-refractivity contribution in [2.24, 2.45) is 10.2 Å². The molecular weight excluding hydrogens is 777 g/mol. The van der Waals surface area contributed by atoms with Gasteiger partial charge in [-0.25, -0.2) is 29.9 Å². The third-order valence-electron chi connectivity index (χ3n) is 9.82. The minimum absolute atomic E-state index is 0.157. The van der Waals surface area contributed by atoms with Crippen LogP contribution in [0.4, 0.5) is 11.4 Å². The Morgan fingerprint density at radius 1 is 0.306 bits per heavy atom. The number of benzene rings is 2. The molecule has 300 valence electrons. The number of pyridine rings is 6. The van der Waals surface area contributed by atoms with E-state index < -0.39 is 0 Å². The molecule has 12 heteroatoms. The first-order valence-electron chi connectivity index (χ1n) is 19.6. The van der Waals surface area contributed by atoms with E-state index in [-0.39, 0.29) is 23.1 Å². The highest BCUT2D eigenvalue weighted by atomic mass is 16.1. The number of hydrogen-bond acceptors (Lipinski definition) is 12. The molecule has 0 amide bonds. The number of hydrogen-bond donors (Lipinski definition) is 0. The number of aromatic nitrogens is 6. The molecule has 12 nitrogen and oxygen atoms in total. The van der Waals surface area contributed by atoms with Crippen molar-refractivity contribution < 1.29 is 19.2 Å². The minimum atomic E-state index is -0.157. The first-order chi connectivity index (χ1) is 30.0. The molecule has 8 rings (SSSR count). The van der Waals surface area contributed by atoms with Crippen LogP contribution in [0.15, 0.2) is 156 Å². The molecule has 0 radical (unpaired) electrons. The highest BCUT2D eigenvalue weighted by molar-refractivity contribution is 5.94. The van der Waals surface area contributed by atoms with Gasteiger partial charge in [-0.05, 0) is 119 Å². The van der Waals surface area contributed by atoms with E-state index in [0.29, 0.717) is 79.7 Å². The van der Waals surface area contributed by atoms with Gasteiger partial charge in [0, 0.05) is 27.7 Å². The van der Waals surface area contributed by atoms with Gasteiger partial charge in [-0.15, -0.1) is 0 Å². The molecule has 8 aromatic rings. The van der Waals surface area contributed by atoms with Crippen molar-refractivity contribution >= 4 is 34.5 Å². The number of azo groups is 1. The van der Waals surface area contributed by atoms with Gasteiger partial charge in [0.15, 0.2) is 23.1 Å². The smallest absolute Gasteiger partial charge is 0.178 e. The summed E-state index contributed by atoms with van der Waals surface area (Å²) in [6, 6.07) is 43.7. The summed E-state index contributed by atoms with van der Waals surface area (Å²) in [6.07, 6.45) is 0. The predicted octanol–water partition coefficient (Wildman–Crippen LogP) is 11.3. The molecule has 6 heterocycles. The van der Waals surface area contributed by atoms with Crippen molar-refractivity contribution in [2.45, 2.75) is 27.7 Å². The molecule has 6 aromatic heterocycles. The summed E-state index contributed by atoms with van der Waals surface area (Å²) in [7, 11) is 0. The fourth-order valence-corrected chi connectivity index (χ4v) is 6.57. The Bertz CT molecular complexity index is 2730. The van der Waals surface area contributed by atoms with Crippen molar-refractivity contribution in [1.29, 1.82) is 0 Å². The van der Waals surface area contributed by atoms with Crippen LogP contribution in [0, 0.1) is 0 Å². The summed E-state index contributed by atoms with van der Waals surface area (Å²) in [5, 5.41) is 8.99. The van der Waals surface area contributed by atoms with Crippen molar-refractivity contribution in [3.63, 3.8) is 0 Å². The molecule has 0 N–H and O–H groups in total. The van der Waals surface area contributed by atoms with Crippen molar-refractivity contribution in [1.82, 2.24) is 29.9 Å². The Morgan fingerprint density at radius 2 is 0.565 bits per heavy atom. The highest BCUT2D eigenvalue weighted by Crippen LogP contribution is 2.33. The lowest BCUT2D eigenvalue weighted by Crippen LogP contribution is -2.01. The van der Waals surface area contributed by atoms with Crippen LogP contribution in [0.25, 0.3) is 67.8 Å². The molecule has 62 heavy (non-hydrogen) atoms. The van der Waals surface area contributed by atoms with E-state index in [1.54, 1.807) is 72.8 Å². The lowest BCUT2D eigenvalue weighted by Gasteiger charge is -2.11. The molecule has 0 unspecified atom stereocenters. The zero-order chi connectivity index (χ0) is 43.3. The summed E-state index contributed by atoms with van der Waals surface area (Å²) in [4.78, 5) is 76.5. The highest BCUT2D eigenvalue weighted by Gasteiger charge is 2.16. The summed E-state index contributed by atoms with van der Waals surface area (Å²) in [6.45, 7) is 5.87. The van der Waals surface area contributed by atoms with Gasteiger partial charge in [-0.2, -0.15) is 10.2 Å². The normalized spacial score (nSPS) is 11.1. The fourth-order valence-electron chi connectivity index (χ4n) is 6.57. The second-order valence-corrected chi connectivity index (χ2v) is 14.4. The second-order valence-electron chi connectivity index (χ2n) is 14.4. The van der Waals surface area contributed by atoms with Crippen LogP contribution in [0.2, 0.25) is 0 Å². The van der Waals surface area contributed by atoms with Gasteiger partial charge >= 0.3 is 0 Å². The van der Waals surface area contributed by atoms with Gasteiger partial charge in [-0.1, -0.05) is 48.5 Å². The molecular formula is C50H36N8O4. The lowest BCUT2D eigenvalue weighted by atomic mass is 10.0. The standard InChI is InChI=1S/C50H36N8O4/c1-29(59)39-9-5-13-43(51-39)47-25-35(26-48(55-47)44-14-6-10-40(52-44)30(2)60)33-17-21-37(22-18-33)57-58-38-23-19-34(20-24-38)36-27-49(45-15-7-11-41(53-45)31(3)61)56-50(28-36)46-16-8-12-42(54-46)32(4)62/h5-28H,1-4H3. The van der Waals surface area contributed by atoms with E-state index in [1.807, 2.05) is 72.8 Å². The van der Waals surface area contributed by atoms with Gasteiger partial charge in [0.05, 0.1) is 56.9 Å². The maximum absolute atomic E-state index is 12.2. The quantitative estimate of drug-likeness (QED) is 0.0854. The largest absolute Gasteiger partial charge is 0.293 e. The number of rotatable bonds is 12. The number of ketones is 4.